The first-order chi connectivity index (χ1) is 9.29. The quantitative estimate of drug-likeness (QED) is 0.925. The molecule has 1 heterocycles. The van der Waals surface area contributed by atoms with Gasteiger partial charge in [-0.25, -0.2) is 9.48 Å². The van der Waals surface area contributed by atoms with Crippen LogP contribution >= 0.6 is 0 Å². The normalized spacial score (nSPS) is 13.4. The summed E-state index contributed by atoms with van der Waals surface area (Å²) in [5.41, 5.74) is 5.01. The molecule has 1 atom stereocenters. The van der Waals surface area contributed by atoms with E-state index >= 15 is 0 Å². The van der Waals surface area contributed by atoms with Gasteiger partial charge in [-0.3, -0.25) is 4.57 Å². The van der Waals surface area contributed by atoms with E-state index in [1.807, 2.05) is 0 Å². The summed E-state index contributed by atoms with van der Waals surface area (Å²) in [5.74, 6) is 0. The molecule has 8 heteroatoms. The fourth-order valence-corrected chi connectivity index (χ4v) is 1.78. The van der Waals surface area contributed by atoms with Gasteiger partial charge < -0.3 is 5.73 Å². The second-order valence-corrected chi connectivity index (χ2v) is 4.44. The molecule has 1 aromatic carbocycles. The zero-order valence-electron chi connectivity index (χ0n) is 10.6. The Hall–Kier alpha value is -2.09. The van der Waals surface area contributed by atoms with Gasteiger partial charge in [0.15, 0.2) is 0 Å². The summed E-state index contributed by atoms with van der Waals surface area (Å²) in [7, 11) is 1.53. The maximum atomic E-state index is 12.6. The predicted molar refractivity (Wildman–Crippen MR) is 65.8 cm³/mol. The Kier molecular flexibility index (Phi) is 3.67. The summed E-state index contributed by atoms with van der Waals surface area (Å²) in [4.78, 5) is 11.6. The van der Waals surface area contributed by atoms with Crippen LogP contribution in [0.3, 0.4) is 0 Å². The van der Waals surface area contributed by atoms with Crippen LogP contribution < -0.4 is 11.4 Å². The number of halogens is 3. The largest absolute Gasteiger partial charge is 0.416 e. The Morgan fingerprint density at radius 1 is 1.40 bits per heavy atom. The Bertz CT molecular complexity index is 659. The first-order valence-electron chi connectivity index (χ1n) is 5.80. The number of benzene rings is 1. The van der Waals surface area contributed by atoms with Crippen molar-refractivity contribution in [3.05, 3.63) is 52.2 Å². The second-order valence-electron chi connectivity index (χ2n) is 4.44. The molecular weight excluding hydrogens is 273 g/mol. The minimum Gasteiger partial charge on any atom is -0.322 e. The van der Waals surface area contributed by atoms with Gasteiger partial charge in [0.2, 0.25) is 0 Å². The number of aryl methyl sites for hydroxylation is 1. The molecule has 0 amide bonds. The zero-order chi connectivity index (χ0) is 14.9. The lowest BCUT2D eigenvalue weighted by Crippen LogP contribution is -2.28. The minimum atomic E-state index is -4.42. The average molecular weight is 286 g/mol. The van der Waals surface area contributed by atoms with Crippen molar-refractivity contribution in [2.75, 3.05) is 0 Å². The molecule has 20 heavy (non-hydrogen) atoms. The Morgan fingerprint density at radius 3 is 2.65 bits per heavy atom. The van der Waals surface area contributed by atoms with Crippen molar-refractivity contribution in [3.8, 4) is 0 Å². The lowest BCUT2D eigenvalue weighted by molar-refractivity contribution is -0.137. The van der Waals surface area contributed by atoms with Crippen LogP contribution in [0.15, 0.2) is 35.4 Å². The molecule has 0 aliphatic heterocycles. The number of hydrogen-bond donors (Lipinski definition) is 1. The van der Waals surface area contributed by atoms with Crippen molar-refractivity contribution in [2.45, 2.75) is 18.8 Å². The van der Waals surface area contributed by atoms with Crippen molar-refractivity contribution in [2.24, 2.45) is 12.8 Å². The third-order valence-corrected chi connectivity index (χ3v) is 2.90. The molecule has 2 rings (SSSR count). The van der Waals surface area contributed by atoms with Crippen LogP contribution in [0.25, 0.3) is 0 Å². The van der Waals surface area contributed by atoms with Crippen LogP contribution in [-0.2, 0) is 19.8 Å². The highest BCUT2D eigenvalue weighted by Gasteiger charge is 2.30. The maximum Gasteiger partial charge on any atom is 0.416 e. The number of nitrogens with two attached hydrogens (primary N) is 1. The monoisotopic (exact) mass is 286 g/mol. The van der Waals surface area contributed by atoms with E-state index < -0.39 is 17.8 Å². The molecule has 2 N–H and O–H groups in total. The first kappa shape index (κ1) is 14.3. The SMILES string of the molecule is Cn1cnn(CC(N)c2cccc(C(F)(F)F)c2)c1=O. The van der Waals surface area contributed by atoms with E-state index in [0.717, 1.165) is 16.8 Å². The second kappa shape index (κ2) is 5.12. The van der Waals surface area contributed by atoms with Gasteiger partial charge in [0, 0.05) is 13.1 Å². The summed E-state index contributed by atoms with van der Waals surface area (Å²) in [6.45, 7) is 0.0149. The van der Waals surface area contributed by atoms with Gasteiger partial charge in [0.25, 0.3) is 0 Å². The molecule has 0 saturated heterocycles. The average Bonchev–Trinajstić information content (AvgIpc) is 2.70. The minimum absolute atomic E-state index is 0.0149. The van der Waals surface area contributed by atoms with E-state index in [0.29, 0.717) is 5.56 Å². The van der Waals surface area contributed by atoms with Crippen molar-refractivity contribution < 1.29 is 13.2 Å². The number of alkyl halides is 3. The third kappa shape index (κ3) is 2.90. The molecule has 0 aliphatic carbocycles. The third-order valence-electron chi connectivity index (χ3n) is 2.90. The van der Waals surface area contributed by atoms with E-state index in [1.54, 1.807) is 0 Å². The van der Waals surface area contributed by atoms with Gasteiger partial charge >= 0.3 is 11.9 Å². The topological polar surface area (TPSA) is 65.8 Å². The summed E-state index contributed by atoms with van der Waals surface area (Å²) in [6.07, 6.45) is -3.10. The summed E-state index contributed by atoms with van der Waals surface area (Å²) in [5, 5.41) is 3.82. The van der Waals surface area contributed by atoms with Crippen molar-refractivity contribution in [3.63, 3.8) is 0 Å². The summed E-state index contributed by atoms with van der Waals surface area (Å²) < 4.78 is 40.2. The van der Waals surface area contributed by atoms with Gasteiger partial charge in [-0.1, -0.05) is 12.1 Å². The molecule has 2 aromatic rings. The standard InChI is InChI=1S/C12H13F3N4O/c1-18-7-17-19(11(18)20)6-10(16)8-3-2-4-9(5-8)12(13,14)15/h2-5,7,10H,6,16H2,1H3. The molecule has 0 aliphatic rings. The van der Waals surface area contributed by atoms with E-state index in [2.05, 4.69) is 5.10 Å². The van der Waals surface area contributed by atoms with E-state index in [-0.39, 0.29) is 12.2 Å². The molecular formula is C12H13F3N4O. The van der Waals surface area contributed by atoms with Crippen molar-refractivity contribution >= 4 is 0 Å². The Morgan fingerprint density at radius 2 is 2.10 bits per heavy atom. The van der Waals surface area contributed by atoms with Crippen LogP contribution in [0.2, 0.25) is 0 Å². The highest BCUT2D eigenvalue weighted by atomic mass is 19.4. The van der Waals surface area contributed by atoms with Crippen LogP contribution in [0.1, 0.15) is 17.2 Å². The van der Waals surface area contributed by atoms with Crippen LogP contribution in [0, 0.1) is 0 Å². The summed E-state index contributed by atoms with van der Waals surface area (Å²) in [6, 6.07) is 4.00. The van der Waals surface area contributed by atoms with Gasteiger partial charge in [-0.05, 0) is 17.7 Å². The molecule has 5 nitrogen and oxygen atoms in total. The number of hydrogen-bond acceptors (Lipinski definition) is 3. The lowest BCUT2D eigenvalue weighted by Gasteiger charge is -2.14. The number of rotatable bonds is 3. The van der Waals surface area contributed by atoms with Crippen molar-refractivity contribution in [1.29, 1.82) is 0 Å². The highest BCUT2D eigenvalue weighted by molar-refractivity contribution is 5.27. The zero-order valence-corrected chi connectivity index (χ0v) is 10.6. The predicted octanol–water partition coefficient (Wildman–Crippen LogP) is 1.30. The smallest absolute Gasteiger partial charge is 0.322 e. The van der Waals surface area contributed by atoms with Gasteiger partial charge in [0.05, 0.1) is 12.1 Å². The molecule has 1 unspecified atom stereocenters. The Balaban J connectivity index is 2.23. The van der Waals surface area contributed by atoms with Crippen LogP contribution in [0.5, 0.6) is 0 Å². The maximum absolute atomic E-state index is 12.6. The van der Waals surface area contributed by atoms with Gasteiger partial charge in [-0.15, -0.1) is 0 Å². The molecule has 1 aromatic heterocycles. The van der Waals surface area contributed by atoms with Gasteiger partial charge in [-0.2, -0.15) is 18.3 Å². The molecule has 0 spiro atoms. The number of aromatic nitrogens is 3. The summed E-state index contributed by atoms with van der Waals surface area (Å²) >= 11 is 0. The molecule has 0 fully saturated rings. The lowest BCUT2D eigenvalue weighted by atomic mass is 10.0. The molecule has 108 valence electrons. The fourth-order valence-electron chi connectivity index (χ4n) is 1.78. The highest BCUT2D eigenvalue weighted by Crippen LogP contribution is 2.30. The number of nitrogens with zero attached hydrogens (tertiary/aromatic N) is 3. The van der Waals surface area contributed by atoms with Gasteiger partial charge in [0.1, 0.15) is 6.33 Å². The molecule has 0 saturated carbocycles. The Labute approximate surface area is 112 Å². The first-order valence-corrected chi connectivity index (χ1v) is 5.80. The van der Waals surface area contributed by atoms with E-state index in [9.17, 15) is 18.0 Å². The van der Waals surface area contributed by atoms with E-state index in [4.69, 9.17) is 5.73 Å². The van der Waals surface area contributed by atoms with Crippen LogP contribution in [-0.4, -0.2) is 14.3 Å². The fraction of sp³-hybridized carbons (Fsp3) is 0.333. The van der Waals surface area contributed by atoms with E-state index in [1.165, 1.54) is 30.1 Å². The molecule has 0 radical (unpaired) electrons. The molecule has 0 bridgehead atoms. The van der Waals surface area contributed by atoms with Crippen LogP contribution in [0.4, 0.5) is 13.2 Å². The van der Waals surface area contributed by atoms with Crippen molar-refractivity contribution in [1.82, 2.24) is 14.3 Å².